The van der Waals surface area contributed by atoms with E-state index >= 15 is 0 Å². The van der Waals surface area contributed by atoms with Gasteiger partial charge in [-0.15, -0.1) is 0 Å². The van der Waals surface area contributed by atoms with E-state index in [2.05, 4.69) is 84.2 Å². The van der Waals surface area contributed by atoms with Gasteiger partial charge >= 0.3 is 0 Å². The number of halogens is 3. The molecule has 0 aromatic rings. The summed E-state index contributed by atoms with van der Waals surface area (Å²) in [7, 11) is 20.6. The normalized spacial score (nSPS) is 11.4. The molecule has 0 unspecified atom stereocenters. The molecule has 0 spiro atoms. The lowest BCUT2D eigenvalue weighted by Gasteiger charge is -2.23. The van der Waals surface area contributed by atoms with Crippen LogP contribution in [0.25, 0.3) is 0 Å². The summed E-state index contributed by atoms with van der Waals surface area (Å²) in [6.45, 7) is 10.9. The summed E-state index contributed by atoms with van der Waals surface area (Å²) in [5.41, 5.74) is 0. The Kier molecular flexibility index (Phi) is 65.6. The maximum Gasteiger partial charge on any atom is 0.0780 e. The first-order valence-corrected chi connectivity index (χ1v) is 25.1. The van der Waals surface area contributed by atoms with Crippen molar-refractivity contribution in [2.75, 3.05) is 83.1 Å². The van der Waals surface area contributed by atoms with E-state index in [-0.39, 0.29) is 50.9 Å². The molecule has 0 amide bonds. The molecule has 0 aromatic heterocycles. The van der Waals surface area contributed by atoms with E-state index < -0.39 is 0 Å². The van der Waals surface area contributed by atoms with Gasteiger partial charge in [-0.3, -0.25) is 0 Å². The van der Waals surface area contributed by atoms with Crippen molar-refractivity contribution in [1.82, 2.24) is 0 Å². The lowest BCUT2D eigenvalue weighted by molar-refractivity contribution is -0.870. The minimum Gasteiger partial charge on any atom is -1.00 e. The van der Waals surface area contributed by atoms with Gasteiger partial charge in [-0.25, -0.2) is 0 Å². The van der Waals surface area contributed by atoms with Crippen molar-refractivity contribution in [3.05, 3.63) is 0 Å². The average Bonchev–Trinajstić information content (AvgIpc) is 3.09. The molecule has 0 rings (SSSR count). The molecule has 0 aliphatic heterocycles. The third kappa shape index (κ3) is 81.8. The molecule has 0 aliphatic rings. The molecule has 354 valence electrons. The van der Waals surface area contributed by atoms with Gasteiger partial charge in [-0.05, 0) is 38.5 Å². The van der Waals surface area contributed by atoms with Crippen LogP contribution in [0, 0.1) is 0 Å². The summed E-state index contributed by atoms with van der Waals surface area (Å²) in [5.74, 6) is 0. The van der Waals surface area contributed by atoms with Crippen molar-refractivity contribution >= 4 is 0 Å². The maximum atomic E-state index is 2.29. The molecule has 0 radical (unpaired) electrons. The quantitative estimate of drug-likeness (QED) is 0.0453. The van der Waals surface area contributed by atoms with E-state index in [4.69, 9.17) is 0 Å². The first kappa shape index (κ1) is 70.0. The molecule has 0 heterocycles. The molecular formula is C51H114Br3N3. The Balaban J connectivity index is -0.000000168. The number of rotatable bonds is 39. The molecule has 3 nitrogen and oxygen atoms in total. The molecule has 0 N–H and O–H groups in total. The first-order valence-electron chi connectivity index (χ1n) is 25.1. The molecule has 57 heavy (non-hydrogen) atoms. The van der Waals surface area contributed by atoms with E-state index in [1.54, 1.807) is 0 Å². The minimum absolute atomic E-state index is 0. The fourth-order valence-electron chi connectivity index (χ4n) is 7.28. The smallest absolute Gasteiger partial charge is 0.0780 e. The van der Waals surface area contributed by atoms with Crippen molar-refractivity contribution in [2.24, 2.45) is 0 Å². The van der Waals surface area contributed by atoms with Gasteiger partial charge in [0.25, 0.3) is 0 Å². The van der Waals surface area contributed by atoms with Crippen molar-refractivity contribution in [3.8, 4) is 0 Å². The van der Waals surface area contributed by atoms with Crippen molar-refractivity contribution in [2.45, 2.75) is 252 Å². The molecule has 0 saturated heterocycles. The maximum absolute atomic E-state index is 2.29. The highest BCUT2D eigenvalue weighted by molar-refractivity contribution is 4.51. The fourth-order valence-corrected chi connectivity index (χ4v) is 7.28. The highest BCUT2D eigenvalue weighted by Crippen LogP contribution is 2.15. The highest BCUT2D eigenvalue weighted by Gasteiger charge is 2.07. The summed E-state index contributed by atoms with van der Waals surface area (Å²) >= 11 is 0. The number of nitrogens with zero attached hydrogens (tertiary/aromatic N) is 3. The summed E-state index contributed by atoms with van der Waals surface area (Å²) in [5, 5.41) is 0. The largest absolute Gasteiger partial charge is 1.00 e. The number of unbranched alkanes of at least 4 members (excludes halogenated alkanes) is 33. The Morgan fingerprint density at radius 3 is 0.386 bits per heavy atom. The van der Waals surface area contributed by atoms with Crippen molar-refractivity contribution < 1.29 is 64.4 Å². The van der Waals surface area contributed by atoms with Crippen molar-refractivity contribution in [3.63, 3.8) is 0 Å². The molecule has 6 heteroatoms. The summed E-state index contributed by atoms with van der Waals surface area (Å²) in [4.78, 5) is 0. The summed E-state index contributed by atoms with van der Waals surface area (Å²) < 4.78 is 3.37. The van der Waals surface area contributed by atoms with E-state index in [0.717, 1.165) is 13.4 Å². The molecule has 0 atom stereocenters. The van der Waals surface area contributed by atoms with E-state index in [1.165, 1.54) is 251 Å². The van der Waals surface area contributed by atoms with Crippen LogP contribution in [-0.4, -0.2) is 96.5 Å². The molecule has 0 fully saturated rings. The Hall–Kier alpha value is 1.32. The van der Waals surface area contributed by atoms with Gasteiger partial charge in [0.15, 0.2) is 0 Å². The van der Waals surface area contributed by atoms with Gasteiger partial charge in [0.05, 0.1) is 83.1 Å². The van der Waals surface area contributed by atoms with Gasteiger partial charge in [0.1, 0.15) is 0 Å². The molecule has 0 bridgehead atoms. The van der Waals surface area contributed by atoms with Gasteiger partial charge < -0.3 is 64.4 Å². The number of hydrogen-bond acceptors (Lipinski definition) is 0. The average molecular weight is 1010 g/mol. The zero-order valence-electron chi connectivity index (χ0n) is 42.1. The minimum atomic E-state index is 0. The van der Waals surface area contributed by atoms with Gasteiger partial charge in [-0.2, -0.15) is 0 Å². The Morgan fingerprint density at radius 2 is 0.281 bits per heavy atom. The Labute approximate surface area is 396 Å². The van der Waals surface area contributed by atoms with Crippen LogP contribution in [0.4, 0.5) is 0 Å². The standard InChI is InChI=1S/C19H42N.C17H38N.C15H34N.3BrH/c1-5-6-7-8-9-10-11-12-13-14-15-16-17-18-19-20(2,3)4;1-5-6-7-8-9-10-11-12-13-14-15-16-17-18(2,3)4;1-5-6-7-8-9-10-11-12-13-14-15-16(2,3)4;;;/h5-19H2,1-4H3;5-17H2,1-4H3;5-15H2,1-4H3;3*1H/q3*+1;;;/p-3. The zero-order chi connectivity index (χ0) is 41.1. The SMILES string of the molecule is CCCCCCCCCCCCCCCC[N+](C)(C)C.CCCCCCCCCCCCCC[N+](C)(C)C.CCCCCCCCCCCC[N+](C)(C)C.[Br-].[Br-].[Br-]. The predicted octanol–water partition coefficient (Wildman–Crippen LogP) is 7.19. The topological polar surface area (TPSA) is 0 Å². The second-order valence-corrected chi connectivity index (χ2v) is 20.7. The highest BCUT2D eigenvalue weighted by atomic mass is 79.9. The molecular weight excluding hydrogens is 894 g/mol. The zero-order valence-corrected chi connectivity index (χ0v) is 46.8. The Morgan fingerprint density at radius 1 is 0.175 bits per heavy atom. The summed E-state index contributed by atoms with van der Waals surface area (Å²) in [6, 6.07) is 0. The van der Waals surface area contributed by atoms with Crippen LogP contribution in [0.2, 0.25) is 0 Å². The molecule has 0 aliphatic carbocycles. The lowest BCUT2D eigenvalue weighted by Crippen LogP contribution is -3.00. The summed E-state index contributed by atoms with van der Waals surface area (Å²) in [6.07, 6.45) is 52.2. The predicted molar refractivity (Wildman–Crippen MR) is 252 cm³/mol. The van der Waals surface area contributed by atoms with Gasteiger partial charge in [0, 0.05) is 0 Å². The molecule has 0 aromatic carbocycles. The van der Waals surface area contributed by atoms with Gasteiger partial charge in [-0.1, -0.05) is 213 Å². The monoisotopic (exact) mass is 1010 g/mol. The van der Waals surface area contributed by atoms with Crippen molar-refractivity contribution in [1.29, 1.82) is 0 Å². The van der Waals surface area contributed by atoms with Crippen LogP contribution >= 0.6 is 0 Å². The van der Waals surface area contributed by atoms with Crippen LogP contribution in [-0.2, 0) is 0 Å². The first-order chi connectivity index (χ1) is 25.7. The lowest BCUT2D eigenvalue weighted by atomic mass is 10.0. The second kappa shape index (κ2) is 53.5. The Bertz CT molecular complexity index is 670. The van der Waals surface area contributed by atoms with Gasteiger partial charge in [0.2, 0.25) is 0 Å². The van der Waals surface area contributed by atoms with Crippen LogP contribution in [0.1, 0.15) is 252 Å². The number of hydrogen-bond donors (Lipinski definition) is 0. The van der Waals surface area contributed by atoms with E-state index in [1.807, 2.05) is 0 Å². The molecule has 0 saturated carbocycles. The fraction of sp³-hybridized carbons (Fsp3) is 1.00. The van der Waals surface area contributed by atoms with Crippen LogP contribution in [0.5, 0.6) is 0 Å². The van der Waals surface area contributed by atoms with Crippen LogP contribution in [0.15, 0.2) is 0 Å². The van der Waals surface area contributed by atoms with E-state index in [0.29, 0.717) is 0 Å². The second-order valence-electron chi connectivity index (χ2n) is 20.7. The van der Waals surface area contributed by atoms with Crippen LogP contribution in [0.3, 0.4) is 0 Å². The third-order valence-electron chi connectivity index (χ3n) is 11.0. The third-order valence-corrected chi connectivity index (χ3v) is 11.0. The van der Waals surface area contributed by atoms with Crippen LogP contribution < -0.4 is 50.9 Å². The number of quaternary nitrogens is 3. The van der Waals surface area contributed by atoms with E-state index in [9.17, 15) is 0 Å².